The molecular formula is C11H15ClN2O4S. The zero-order valence-electron chi connectivity index (χ0n) is 10.3. The third kappa shape index (κ3) is 4.96. The molecule has 0 spiro atoms. The molecule has 19 heavy (non-hydrogen) atoms. The Kier molecular flexibility index (Phi) is 5.44. The summed E-state index contributed by atoms with van der Waals surface area (Å²) in [5.41, 5.74) is 6.04. The molecular weight excluding hydrogens is 292 g/mol. The van der Waals surface area contributed by atoms with E-state index in [2.05, 4.69) is 9.46 Å². The molecule has 0 aliphatic rings. The van der Waals surface area contributed by atoms with Crippen LogP contribution in [0.25, 0.3) is 0 Å². The number of carbonyl (C=O) groups is 1. The van der Waals surface area contributed by atoms with Crippen molar-refractivity contribution < 1.29 is 17.9 Å². The van der Waals surface area contributed by atoms with Crippen LogP contribution < -0.4 is 10.5 Å². The molecule has 1 rings (SSSR count). The van der Waals surface area contributed by atoms with Crippen LogP contribution in [0.5, 0.6) is 0 Å². The molecule has 1 aromatic rings. The number of hydrogen-bond donors (Lipinski definition) is 2. The van der Waals surface area contributed by atoms with Crippen molar-refractivity contribution in [3.8, 4) is 0 Å². The fourth-order valence-corrected chi connectivity index (χ4v) is 2.81. The quantitative estimate of drug-likeness (QED) is 0.614. The smallest absolute Gasteiger partial charge is 0.305 e. The SMILES string of the molecule is COC(=O)CCCS(=O)(=O)Nc1c(N)cccc1Cl. The molecule has 8 heteroatoms. The van der Waals surface area contributed by atoms with Gasteiger partial charge in [0.1, 0.15) is 0 Å². The minimum absolute atomic E-state index is 0.0371. The van der Waals surface area contributed by atoms with Crippen LogP contribution in [0.1, 0.15) is 12.8 Å². The monoisotopic (exact) mass is 306 g/mol. The maximum atomic E-state index is 11.8. The number of rotatable bonds is 6. The highest BCUT2D eigenvalue weighted by Gasteiger charge is 2.15. The molecule has 0 atom stereocenters. The van der Waals surface area contributed by atoms with Crippen molar-refractivity contribution in [2.24, 2.45) is 0 Å². The van der Waals surface area contributed by atoms with Gasteiger partial charge in [-0.25, -0.2) is 8.42 Å². The summed E-state index contributed by atoms with van der Waals surface area (Å²) in [4.78, 5) is 10.9. The van der Waals surface area contributed by atoms with E-state index in [1.54, 1.807) is 6.07 Å². The van der Waals surface area contributed by atoms with Gasteiger partial charge in [-0.2, -0.15) is 0 Å². The number of carbonyl (C=O) groups excluding carboxylic acids is 1. The van der Waals surface area contributed by atoms with Crippen molar-refractivity contribution in [1.82, 2.24) is 0 Å². The number of nitrogen functional groups attached to an aromatic ring is 1. The van der Waals surface area contributed by atoms with E-state index in [0.717, 1.165) is 0 Å². The van der Waals surface area contributed by atoms with E-state index in [4.69, 9.17) is 17.3 Å². The summed E-state index contributed by atoms with van der Waals surface area (Å²) >= 11 is 5.86. The van der Waals surface area contributed by atoms with E-state index in [-0.39, 0.29) is 35.0 Å². The lowest BCUT2D eigenvalue weighted by Crippen LogP contribution is -2.18. The number of nitrogens with one attached hydrogen (secondary N) is 1. The van der Waals surface area contributed by atoms with E-state index in [0.29, 0.717) is 0 Å². The molecule has 0 aliphatic heterocycles. The van der Waals surface area contributed by atoms with E-state index in [9.17, 15) is 13.2 Å². The van der Waals surface area contributed by atoms with E-state index < -0.39 is 16.0 Å². The van der Waals surface area contributed by atoms with Gasteiger partial charge in [-0.15, -0.1) is 0 Å². The first-order valence-electron chi connectivity index (χ1n) is 5.47. The van der Waals surface area contributed by atoms with Crippen LogP contribution in [0, 0.1) is 0 Å². The van der Waals surface area contributed by atoms with Crippen molar-refractivity contribution in [2.45, 2.75) is 12.8 Å². The molecule has 106 valence electrons. The topological polar surface area (TPSA) is 98.5 Å². The fourth-order valence-electron chi connectivity index (χ4n) is 1.36. The number of nitrogens with two attached hydrogens (primary N) is 1. The number of benzene rings is 1. The standard InChI is InChI=1S/C11H15ClN2O4S/c1-18-10(15)6-3-7-19(16,17)14-11-8(12)4-2-5-9(11)13/h2,4-5,14H,3,6-7,13H2,1H3. The Morgan fingerprint density at radius 2 is 2.16 bits per heavy atom. The lowest BCUT2D eigenvalue weighted by Gasteiger charge is -2.11. The van der Waals surface area contributed by atoms with Crippen LogP contribution >= 0.6 is 11.6 Å². The molecule has 0 radical (unpaired) electrons. The Balaban J connectivity index is 2.67. The molecule has 0 aromatic heterocycles. The minimum Gasteiger partial charge on any atom is -0.469 e. The van der Waals surface area contributed by atoms with Gasteiger partial charge in [-0.1, -0.05) is 17.7 Å². The molecule has 0 heterocycles. The van der Waals surface area contributed by atoms with Crippen molar-refractivity contribution in [1.29, 1.82) is 0 Å². The highest BCUT2D eigenvalue weighted by molar-refractivity contribution is 7.92. The summed E-state index contributed by atoms with van der Waals surface area (Å²) in [6, 6.07) is 4.69. The first kappa shape index (κ1) is 15.6. The highest BCUT2D eigenvalue weighted by Crippen LogP contribution is 2.28. The third-order valence-corrected chi connectivity index (χ3v) is 3.98. The molecule has 3 N–H and O–H groups in total. The summed E-state index contributed by atoms with van der Waals surface area (Å²) in [6.07, 6.45) is 0.196. The van der Waals surface area contributed by atoms with Crippen LogP contribution in [-0.4, -0.2) is 27.2 Å². The number of hydrogen-bond acceptors (Lipinski definition) is 5. The average Bonchev–Trinajstić information content (AvgIpc) is 2.33. The van der Waals surface area contributed by atoms with Gasteiger partial charge in [-0.3, -0.25) is 9.52 Å². The number of esters is 1. The second-order valence-corrected chi connectivity index (χ2v) is 6.05. The zero-order valence-corrected chi connectivity index (χ0v) is 11.9. The van der Waals surface area contributed by atoms with E-state index in [1.807, 2.05) is 0 Å². The Hall–Kier alpha value is -1.47. The number of halogens is 1. The van der Waals surface area contributed by atoms with Gasteiger partial charge in [-0.05, 0) is 18.6 Å². The highest BCUT2D eigenvalue weighted by atomic mass is 35.5. The summed E-state index contributed by atoms with van der Waals surface area (Å²) in [5.74, 6) is -0.667. The largest absolute Gasteiger partial charge is 0.469 e. The normalized spacial score (nSPS) is 11.1. The first-order chi connectivity index (χ1) is 8.85. The molecule has 0 unspecified atom stereocenters. The maximum absolute atomic E-state index is 11.8. The minimum atomic E-state index is -3.61. The van der Waals surface area contributed by atoms with Gasteiger partial charge in [0.05, 0.1) is 29.3 Å². The number of ether oxygens (including phenoxy) is 1. The molecule has 0 fully saturated rings. The van der Waals surface area contributed by atoms with Gasteiger partial charge in [0, 0.05) is 6.42 Å². The van der Waals surface area contributed by atoms with Crippen molar-refractivity contribution in [3.05, 3.63) is 23.2 Å². The first-order valence-corrected chi connectivity index (χ1v) is 7.50. The lowest BCUT2D eigenvalue weighted by molar-refractivity contribution is -0.140. The summed E-state index contributed by atoms with van der Waals surface area (Å²) in [5, 5.41) is 0.219. The van der Waals surface area contributed by atoms with Crippen LogP contribution in [0.2, 0.25) is 5.02 Å². The Bertz CT molecular complexity index is 540. The Morgan fingerprint density at radius 3 is 2.74 bits per heavy atom. The Labute approximate surface area is 116 Å². The van der Waals surface area contributed by atoms with Crippen LogP contribution in [-0.2, 0) is 19.6 Å². The third-order valence-electron chi connectivity index (χ3n) is 2.33. The predicted octanol–water partition coefficient (Wildman–Crippen LogP) is 1.62. The van der Waals surface area contributed by atoms with Gasteiger partial charge in [0.2, 0.25) is 10.0 Å². The van der Waals surface area contributed by atoms with Crippen LogP contribution in [0.3, 0.4) is 0 Å². The number of para-hydroxylation sites is 1. The maximum Gasteiger partial charge on any atom is 0.305 e. The molecule has 6 nitrogen and oxygen atoms in total. The van der Waals surface area contributed by atoms with E-state index in [1.165, 1.54) is 19.2 Å². The van der Waals surface area contributed by atoms with Crippen LogP contribution in [0.4, 0.5) is 11.4 Å². The number of sulfonamides is 1. The average molecular weight is 307 g/mol. The molecule has 0 bridgehead atoms. The molecule has 0 aliphatic carbocycles. The van der Waals surface area contributed by atoms with Crippen molar-refractivity contribution >= 4 is 39.0 Å². The predicted molar refractivity (Wildman–Crippen MR) is 74.5 cm³/mol. The molecule has 0 amide bonds. The summed E-state index contributed by atoms with van der Waals surface area (Å²) < 4.78 is 30.3. The second-order valence-electron chi connectivity index (χ2n) is 3.80. The lowest BCUT2D eigenvalue weighted by atomic mass is 10.3. The summed E-state index contributed by atoms with van der Waals surface area (Å²) in [6.45, 7) is 0. The molecule has 1 aromatic carbocycles. The molecule has 0 saturated carbocycles. The second kappa shape index (κ2) is 6.63. The zero-order chi connectivity index (χ0) is 14.5. The number of anilines is 2. The molecule has 0 saturated heterocycles. The fraction of sp³-hybridized carbons (Fsp3) is 0.364. The van der Waals surface area contributed by atoms with Crippen molar-refractivity contribution in [3.63, 3.8) is 0 Å². The van der Waals surface area contributed by atoms with Crippen LogP contribution in [0.15, 0.2) is 18.2 Å². The van der Waals surface area contributed by atoms with E-state index >= 15 is 0 Å². The van der Waals surface area contributed by atoms with Gasteiger partial charge in [0.25, 0.3) is 0 Å². The van der Waals surface area contributed by atoms with Gasteiger partial charge < -0.3 is 10.5 Å². The van der Waals surface area contributed by atoms with Crippen molar-refractivity contribution in [2.75, 3.05) is 23.3 Å². The summed E-state index contributed by atoms with van der Waals surface area (Å²) in [7, 11) is -2.36. The number of methoxy groups -OCH3 is 1. The van der Waals surface area contributed by atoms with Gasteiger partial charge in [0.15, 0.2) is 0 Å². The Morgan fingerprint density at radius 1 is 1.47 bits per heavy atom. The van der Waals surface area contributed by atoms with Gasteiger partial charge >= 0.3 is 5.97 Å².